The monoisotopic (exact) mass is 250 g/mol. The SMILES string of the molecule is O=C(O)CC1COCC(=O)N1Cc1cccnc1. The molecule has 1 amide bonds. The normalized spacial score (nSPS) is 19.9. The number of aliphatic carboxylic acids is 1. The topological polar surface area (TPSA) is 79.7 Å². The van der Waals surface area contributed by atoms with E-state index >= 15 is 0 Å². The summed E-state index contributed by atoms with van der Waals surface area (Å²) in [6, 6.07) is 3.23. The molecule has 1 aliphatic heterocycles. The molecule has 0 bridgehead atoms. The van der Waals surface area contributed by atoms with Gasteiger partial charge in [0.25, 0.3) is 0 Å². The second-order valence-electron chi connectivity index (χ2n) is 4.15. The maximum atomic E-state index is 11.8. The van der Waals surface area contributed by atoms with Crippen LogP contribution in [0.1, 0.15) is 12.0 Å². The Morgan fingerprint density at radius 2 is 2.44 bits per heavy atom. The van der Waals surface area contributed by atoms with Crippen LogP contribution in [0, 0.1) is 0 Å². The zero-order valence-electron chi connectivity index (χ0n) is 9.78. The van der Waals surface area contributed by atoms with Gasteiger partial charge < -0.3 is 14.7 Å². The summed E-state index contributed by atoms with van der Waals surface area (Å²) in [5.41, 5.74) is 0.878. The first-order valence-corrected chi connectivity index (χ1v) is 5.64. The van der Waals surface area contributed by atoms with Gasteiger partial charge in [-0.05, 0) is 11.6 Å². The zero-order valence-corrected chi connectivity index (χ0v) is 9.78. The van der Waals surface area contributed by atoms with Gasteiger partial charge in [-0.15, -0.1) is 0 Å². The lowest BCUT2D eigenvalue weighted by Gasteiger charge is -2.34. The molecule has 1 fully saturated rings. The highest BCUT2D eigenvalue weighted by Gasteiger charge is 2.30. The van der Waals surface area contributed by atoms with Crippen LogP contribution in [0.4, 0.5) is 0 Å². The summed E-state index contributed by atoms with van der Waals surface area (Å²) in [4.78, 5) is 28.1. The van der Waals surface area contributed by atoms with Crippen molar-refractivity contribution in [3.63, 3.8) is 0 Å². The minimum absolute atomic E-state index is 0.0103. The number of nitrogens with zero attached hydrogens (tertiary/aromatic N) is 2. The highest BCUT2D eigenvalue weighted by atomic mass is 16.5. The smallest absolute Gasteiger partial charge is 0.305 e. The van der Waals surface area contributed by atoms with Crippen molar-refractivity contribution < 1.29 is 19.4 Å². The van der Waals surface area contributed by atoms with Gasteiger partial charge in [-0.2, -0.15) is 0 Å². The molecule has 1 atom stereocenters. The van der Waals surface area contributed by atoms with Crippen LogP contribution in [-0.2, 0) is 20.9 Å². The van der Waals surface area contributed by atoms with Crippen LogP contribution in [-0.4, -0.2) is 46.1 Å². The van der Waals surface area contributed by atoms with E-state index < -0.39 is 12.0 Å². The number of carbonyl (C=O) groups is 2. The number of rotatable bonds is 4. The minimum Gasteiger partial charge on any atom is -0.481 e. The van der Waals surface area contributed by atoms with Crippen molar-refractivity contribution in [2.75, 3.05) is 13.2 Å². The molecule has 96 valence electrons. The number of carboxylic acid groups (broad SMARTS) is 1. The molecule has 6 nitrogen and oxygen atoms in total. The lowest BCUT2D eigenvalue weighted by Crippen LogP contribution is -2.49. The number of carboxylic acids is 1. The Morgan fingerprint density at radius 1 is 1.61 bits per heavy atom. The van der Waals surface area contributed by atoms with Gasteiger partial charge in [0.1, 0.15) is 6.61 Å². The average molecular weight is 250 g/mol. The van der Waals surface area contributed by atoms with Crippen molar-refractivity contribution in [1.82, 2.24) is 9.88 Å². The number of morpholine rings is 1. The Bertz CT molecular complexity index is 435. The van der Waals surface area contributed by atoms with Crippen LogP contribution in [0.5, 0.6) is 0 Å². The third kappa shape index (κ3) is 3.04. The lowest BCUT2D eigenvalue weighted by atomic mass is 10.1. The molecule has 0 aromatic carbocycles. The van der Waals surface area contributed by atoms with E-state index in [0.717, 1.165) is 5.56 Å². The summed E-state index contributed by atoms with van der Waals surface area (Å²) in [5, 5.41) is 8.83. The molecule has 0 aliphatic carbocycles. The second-order valence-corrected chi connectivity index (χ2v) is 4.15. The Kier molecular flexibility index (Phi) is 3.88. The highest BCUT2D eigenvalue weighted by Crippen LogP contribution is 2.15. The minimum atomic E-state index is -0.936. The molecule has 0 spiro atoms. The van der Waals surface area contributed by atoms with Gasteiger partial charge >= 0.3 is 5.97 Å². The van der Waals surface area contributed by atoms with Gasteiger partial charge in [0.05, 0.1) is 19.1 Å². The zero-order chi connectivity index (χ0) is 13.0. The summed E-state index contributed by atoms with van der Waals surface area (Å²) in [6.07, 6.45) is 3.21. The summed E-state index contributed by atoms with van der Waals surface area (Å²) in [7, 11) is 0. The van der Waals surface area contributed by atoms with E-state index in [1.165, 1.54) is 0 Å². The van der Waals surface area contributed by atoms with Crippen molar-refractivity contribution >= 4 is 11.9 Å². The fraction of sp³-hybridized carbons (Fsp3) is 0.417. The molecule has 1 aromatic rings. The van der Waals surface area contributed by atoms with Crippen molar-refractivity contribution in [2.45, 2.75) is 19.0 Å². The molecule has 2 heterocycles. The van der Waals surface area contributed by atoms with Crippen LogP contribution in [0.25, 0.3) is 0 Å². The molecule has 1 N–H and O–H groups in total. The number of aromatic nitrogens is 1. The highest BCUT2D eigenvalue weighted by molar-refractivity contribution is 5.79. The molecule has 1 unspecified atom stereocenters. The first kappa shape index (κ1) is 12.5. The average Bonchev–Trinajstić information content (AvgIpc) is 2.34. The van der Waals surface area contributed by atoms with Gasteiger partial charge in [0.15, 0.2) is 0 Å². The number of carbonyl (C=O) groups excluding carboxylic acids is 1. The Labute approximate surface area is 104 Å². The molecule has 6 heteroatoms. The Hall–Kier alpha value is -1.95. The number of pyridine rings is 1. The van der Waals surface area contributed by atoms with Crippen molar-refractivity contribution in [2.24, 2.45) is 0 Å². The third-order valence-electron chi connectivity index (χ3n) is 2.78. The number of amides is 1. The summed E-state index contributed by atoms with van der Waals surface area (Å²) < 4.78 is 5.09. The van der Waals surface area contributed by atoms with Crippen molar-refractivity contribution in [1.29, 1.82) is 0 Å². The molecule has 2 rings (SSSR count). The van der Waals surface area contributed by atoms with E-state index in [9.17, 15) is 9.59 Å². The van der Waals surface area contributed by atoms with Crippen LogP contribution < -0.4 is 0 Å². The number of hydrogen-bond acceptors (Lipinski definition) is 4. The van der Waals surface area contributed by atoms with Crippen LogP contribution >= 0.6 is 0 Å². The summed E-state index contributed by atoms with van der Waals surface area (Å²) in [5.74, 6) is -1.12. The first-order chi connectivity index (χ1) is 8.66. The van der Waals surface area contributed by atoms with Gasteiger partial charge in [-0.3, -0.25) is 14.6 Å². The van der Waals surface area contributed by atoms with E-state index in [-0.39, 0.29) is 25.5 Å². The van der Waals surface area contributed by atoms with Crippen LogP contribution in [0.15, 0.2) is 24.5 Å². The maximum Gasteiger partial charge on any atom is 0.305 e. The van der Waals surface area contributed by atoms with E-state index in [2.05, 4.69) is 4.98 Å². The fourth-order valence-corrected chi connectivity index (χ4v) is 1.94. The largest absolute Gasteiger partial charge is 0.481 e. The molecule has 1 aromatic heterocycles. The van der Waals surface area contributed by atoms with E-state index in [0.29, 0.717) is 6.54 Å². The van der Waals surface area contributed by atoms with Crippen LogP contribution in [0.2, 0.25) is 0 Å². The third-order valence-corrected chi connectivity index (χ3v) is 2.78. The molecule has 1 saturated heterocycles. The molecule has 0 saturated carbocycles. The second kappa shape index (κ2) is 5.59. The van der Waals surface area contributed by atoms with Gasteiger partial charge in [-0.1, -0.05) is 6.07 Å². The predicted octanol–water partition coefficient (Wildman–Crippen LogP) is 0.284. The predicted molar refractivity (Wildman–Crippen MR) is 61.6 cm³/mol. The van der Waals surface area contributed by atoms with Crippen LogP contribution in [0.3, 0.4) is 0 Å². The fourth-order valence-electron chi connectivity index (χ4n) is 1.94. The van der Waals surface area contributed by atoms with Gasteiger partial charge in [0.2, 0.25) is 5.91 Å². The standard InChI is InChI=1S/C12H14N2O4/c15-11-8-18-7-10(4-12(16)17)14(11)6-9-2-1-3-13-5-9/h1-3,5,10H,4,6-8H2,(H,16,17). The number of hydrogen-bond donors (Lipinski definition) is 1. The van der Waals surface area contributed by atoms with Crippen molar-refractivity contribution in [3.05, 3.63) is 30.1 Å². The summed E-state index contributed by atoms with van der Waals surface area (Å²) >= 11 is 0. The molecule has 1 aliphatic rings. The Balaban J connectivity index is 2.10. The lowest BCUT2D eigenvalue weighted by molar-refractivity contribution is -0.152. The molecular formula is C12H14N2O4. The number of ether oxygens (including phenoxy) is 1. The van der Waals surface area contributed by atoms with Gasteiger partial charge in [0, 0.05) is 18.9 Å². The Morgan fingerprint density at radius 3 is 3.11 bits per heavy atom. The molecular weight excluding hydrogens is 236 g/mol. The van der Waals surface area contributed by atoms with E-state index in [4.69, 9.17) is 9.84 Å². The first-order valence-electron chi connectivity index (χ1n) is 5.64. The quantitative estimate of drug-likeness (QED) is 0.830. The molecule has 0 radical (unpaired) electrons. The summed E-state index contributed by atoms with van der Waals surface area (Å²) in [6.45, 7) is 0.642. The van der Waals surface area contributed by atoms with Gasteiger partial charge in [-0.25, -0.2) is 0 Å². The maximum absolute atomic E-state index is 11.8. The molecule has 18 heavy (non-hydrogen) atoms. The van der Waals surface area contributed by atoms with Crippen molar-refractivity contribution in [3.8, 4) is 0 Å². The van der Waals surface area contributed by atoms with E-state index in [1.54, 1.807) is 23.4 Å². The van der Waals surface area contributed by atoms with E-state index in [1.807, 2.05) is 6.07 Å².